The van der Waals surface area contributed by atoms with Crippen molar-refractivity contribution < 1.29 is 9.47 Å². The highest BCUT2D eigenvalue weighted by molar-refractivity contribution is 7.80. The van der Waals surface area contributed by atoms with Crippen LogP contribution < -0.4 is 20.2 Å². The van der Waals surface area contributed by atoms with E-state index < -0.39 is 0 Å². The van der Waals surface area contributed by atoms with E-state index in [0.717, 1.165) is 46.8 Å². The zero-order valence-corrected chi connectivity index (χ0v) is 19.2. The van der Waals surface area contributed by atoms with E-state index in [1.165, 1.54) is 19.3 Å². The first-order valence-corrected chi connectivity index (χ1v) is 11.8. The van der Waals surface area contributed by atoms with Crippen molar-refractivity contribution in [2.75, 3.05) is 13.2 Å². The summed E-state index contributed by atoms with van der Waals surface area (Å²) >= 11 is 5.44. The Bertz CT molecular complexity index is 1140. The van der Waals surface area contributed by atoms with Crippen molar-refractivity contribution in [3.63, 3.8) is 0 Å². The van der Waals surface area contributed by atoms with Crippen LogP contribution in [-0.2, 0) is 0 Å². The van der Waals surface area contributed by atoms with Gasteiger partial charge in [-0.3, -0.25) is 5.43 Å². The highest BCUT2D eigenvalue weighted by Crippen LogP contribution is 2.35. The zero-order valence-electron chi connectivity index (χ0n) is 18.4. The molecule has 1 fully saturated rings. The molecule has 2 aromatic carbocycles. The number of aromatic nitrogens is 2. The zero-order chi connectivity index (χ0) is 22.5. The highest BCUT2D eigenvalue weighted by Gasteiger charge is 2.17. The normalized spacial score (nSPS) is 16.0. The van der Waals surface area contributed by atoms with Crippen LogP contribution in [0.1, 0.15) is 37.7 Å². The Balaban J connectivity index is 1.39. The van der Waals surface area contributed by atoms with Gasteiger partial charge in [0.2, 0.25) is 0 Å². The van der Waals surface area contributed by atoms with E-state index in [1.54, 1.807) is 6.21 Å². The predicted octanol–water partition coefficient (Wildman–Crippen LogP) is 4.44. The van der Waals surface area contributed by atoms with Crippen molar-refractivity contribution in [1.82, 2.24) is 20.5 Å². The van der Waals surface area contributed by atoms with Crippen LogP contribution in [0.15, 0.2) is 59.8 Å². The Hall–Kier alpha value is -3.39. The molecule has 33 heavy (non-hydrogen) atoms. The van der Waals surface area contributed by atoms with E-state index in [0.29, 0.717) is 24.4 Å². The number of thiocarbonyl (C=S) groups is 1. The van der Waals surface area contributed by atoms with Gasteiger partial charge in [-0.2, -0.15) is 10.2 Å². The first-order valence-electron chi connectivity index (χ1n) is 11.4. The number of benzene rings is 2. The summed E-state index contributed by atoms with van der Waals surface area (Å²) in [4.78, 5) is 0. The quantitative estimate of drug-likeness (QED) is 0.333. The smallest absolute Gasteiger partial charge is 0.187 e. The second-order valence-corrected chi connectivity index (χ2v) is 8.66. The summed E-state index contributed by atoms with van der Waals surface area (Å²) in [7, 11) is 0. The van der Waals surface area contributed by atoms with Gasteiger partial charge >= 0.3 is 0 Å². The molecule has 0 amide bonds. The second-order valence-electron chi connectivity index (χ2n) is 8.25. The predicted molar refractivity (Wildman–Crippen MR) is 133 cm³/mol. The van der Waals surface area contributed by atoms with Gasteiger partial charge in [0.15, 0.2) is 16.6 Å². The number of rotatable bonds is 5. The summed E-state index contributed by atoms with van der Waals surface area (Å²) in [5.41, 5.74) is 6.53. The van der Waals surface area contributed by atoms with Crippen LogP contribution in [-0.4, -0.2) is 40.4 Å². The molecule has 0 atom stereocenters. The topological polar surface area (TPSA) is 72.7 Å². The lowest BCUT2D eigenvalue weighted by Crippen LogP contribution is -2.40. The molecule has 1 aliphatic carbocycles. The number of nitrogens with zero attached hydrogens (tertiary/aromatic N) is 3. The lowest BCUT2D eigenvalue weighted by molar-refractivity contribution is 0.171. The maximum atomic E-state index is 5.77. The molecule has 0 unspecified atom stereocenters. The Kier molecular flexibility index (Phi) is 6.53. The fourth-order valence-electron chi connectivity index (χ4n) is 4.23. The molecule has 0 bridgehead atoms. The molecule has 1 saturated carbocycles. The number of ether oxygens (including phenoxy) is 2. The van der Waals surface area contributed by atoms with Gasteiger partial charge in [0.05, 0.1) is 11.9 Å². The van der Waals surface area contributed by atoms with E-state index in [9.17, 15) is 0 Å². The van der Waals surface area contributed by atoms with Gasteiger partial charge < -0.3 is 14.8 Å². The van der Waals surface area contributed by atoms with Gasteiger partial charge in [0.25, 0.3) is 0 Å². The molecule has 2 aliphatic rings. The third-order valence-electron chi connectivity index (χ3n) is 5.89. The molecular weight excluding hydrogens is 434 g/mol. The highest BCUT2D eigenvalue weighted by atomic mass is 32.1. The molecule has 2 N–H and O–H groups in total. The van der Waals surface area contributed by atoms with Crippen LogP contribution in [0.3, 0.4) is 0 Å². The third-order valence-corrected chi connectivity index (χ3v) is 6.10. The van der Waals surface area contributed by atoms with Crippen molar-refractivity contribution in [3.8, 4) is 28.4 Å². The number of hydrazone groups is 1. The van der Waals surface area contributed by atoms with Gasteiger partial charge in [-0.05, 0) is 55.4 Å². The van der Waals surface area contributed by atoms with Crippen molar-refractivity contribution in [1.29, 1.82) is 0 Å². The van der Waals surface area contributed by atoms with Crippen LogP contribution in [0, 0.1) is 0 Å². The van der Waals surface area contributed by atoms with Crippen LogP contribution in [0.2, 0.25) is 0 Å². The van der Waals surface area contributed by atoms with Crippen molar-refractivity contribution >= 4 is 23.5 Å². The molecule has 0 radical (unpaired) electrons. The molecule has 3 aromatic rings. The summed E-state index contributed by atoms with van der Waals surface area (Å²) in [6, 6.07) is 16.3. The molecule has 7 nitrogen and oxygen atoms in total. The summed E-state index contributed by atoms with van der Waals surface area (Å²) < 4.78 is 13.3. The minimum Gasteiger partial charge on any atom is -0.486 e. The average molecular weight is 462 g/mol. The summed E-state index contributed by atoms with van der Waals surface area (Å²) in [5, 5.41) is 13.2. The number of nitrogens with one attached hydrogen (secondary N) is 2. The summed E-state index contributed by atoms with van der Waals surface area (Å²) in [6.07, 6.45) is 9.85. The SMILES string of the molecule is S=C(N/N=C\c1cn(-c2ccccc2)nc1-c1ccc2c(c1)OCCO2)NC1CCCCC1. The Morgan fingerprint density at radius 3 is 2.64 bits per heavy atom. The average Bonchev–Trinajstić information content (AvgIpc) is 3.29. The number of para-hydroxylation sites is 1. The van der Waals surface area contributed by atoms with Gasteiger partial charge in [-0.15, -0.1) is 0 Å². The maximum absolute atomic E-state index is 5.77. The first kappa shape index (κ1) is 21.5. The monoisotopic (exact) mass is 461 g/mol. The van der Waals surface area contributed by atoms with E-state index in [1.807, 2.05) is 59.4 Å². The summed E-state index contributed by atoms with van der Waals surface area (Å²) in [6.45, 7) is 1.10. The van der Waals surface area contributed by atoms with Crippen LogP contribution in [0.5, 0.6) is 11.5 Å². The number of hydrogen-bond acceptors (Lipinski definition) is 5. The van der Waals surface area contributed by atoms with Gasteiger partial charge in [0.1, 0.15) is 18.9 Å². The van der Waals surface area contributed by atoms with Crippen molar-refractivity contribution in [3.05, 3.63) is 60.3 Å². The largest absolute Gasteiger partial charge is 0.486 e. The Morgan fingerprint density at radius 2 is 1.82 bits per heavy atom. The number of fused-ring (bicyclic) bond motifs is 1. The van der Waals surface area contributed by atoms with Crippen molar-refractivity contribution in [2.24, 2.45) is 5.10 Å². The lowest BCUT2D eigenvalue weighted by Gasteiger charge is -2.23. The molecule has 1 aromatic heterocycles. The molecule has 2 heterocycles. The third kappa shape index (κ3) is 5.17. The van der Waals surface area contributed by atoms with Crippen LogP contribution in [0.4, 0.5) is 0 Å². The molecular formula is C25H27N5O2S. The maximum Gasteiger partial charge on any atom is 0.187 e. The van der Waals surface area contributed by atoms with Gasteiger partial charge in [0, 0.05) is 23.4 Å². The molecule has 0 saturated heterocycles. The molecule has 170 valence electrons. The van der Waals surface area contributed by atoms with E-state index >= 15 is 0 Å². The van der Waals surface area contributed by atoms with E-state index in [-0.39, 0.29) is 0 Å². The molecule has 5 rings (SSSR count). The number of hydrogen-bond donors (Lipinski definition) is 2. The lowest BCUT2D eigenvalue weighted by atomic mass is 9.96. The Labute approximate surface area is 198 Å². The van der Waals surface area contributed by atoms with Gasteiger partial charge in [-0.25, -0.2) is 4.68 Å². The standard InChI is InChI=1S/C25H27N5O2S/c33-25(27-20-7-3-1-4-8-20)28-26-16-19-17-30(21-9-5-2-6-10-21)29-24(19)18-11-12-22-23(15-18)32-14-13-31-22/h2,5-6,9-12,15-17,20H,1,3-4,7-8,13-14H2,(H2,27,28,33)/b26-16-. The second kappa shape index (κ2) is 10.0. The minimum absolute atomic E-state index is 0.433. The molecule has 0 spiro atoms. The first-order chi connectivity index (χ1) is 16.3. The van der Waals surface area contributed by atoms with Crippen LogP contribution >= 0.6 is 12.2 Å². The fourth-order valence-corrected chi connectivity index (χ4v) is 4.45. The minimum atomic E-state index is 0.433. The van der Waals surface area contributed by atoms with E-state index in [2.05, 4.69) is 15.8 Å². The summed E-state index contributed by atoms with van der Waals surface area (Å²) in [5.74, 6) is 1.48. The molecule has 8 heteroatoms. The van der Waals surface area contributed by atoms with Gasteiger partial charge in [-0.1, -0.05) is 37.5 Å². The van der Waals surface area contributed by atoms with Crippen LogP contribution in [0.25, 0.3) is 16.9 Å². The van der Waals surface area contributed by atoms with Crippen molar-refractivity contribution in [2.45, 2.75) is 38.1 Å². The Morgan fingerprint density at radius 1 is 1.03 bits per heavy atom. The molecule has 1 aliphatic heterocycles. The van der Waals surface area contributed by atoms with E-state index in [4.69, 9.17) is 26.8 Å². The fraction of sp³-hybridized carbons (Fsp3) is 0.320.